The van der Waals surface area contributed by atoms with Gasteiger partial charge in [0.2, 0.25) is 0 Å². The zero-order valence-corrected chi connectivity index (χ0v) is 32.7. The molecule has 2 fully saturated rings. The first-order chi connectivity index (χ1) is 23.2. The van der Waals surface area contributed by atoms with Crippen molar-refractivity contribution in [2.45, 2.75) is 165 Å². The molecule has 4 nitrogen and oxygen atoms in total. The molecule has 1 aromatic carbocycles. The van der Waals surface area contributed by atoms with E-state index in [4.69, 9.17) is 5.10 Å². The van der Waals surface area contributed by atoms with Crippen molar-refractivity contribution in [2.24, 2.45) is 16.0 Å². The SMILES string of the molecule is C/C=C\N=C(C)CC.C=CC(=C)N1Cc2cc(C)ccc2/C(C2CCCCC2)=N\N(C2CCCCCCCC2)C1=C.CC.CC=C(C)C. The van der Waals surface area contributed by atoms with Crippen molar-refractivity contribution in [3.8, 4) is 0 Å². The summed E-state index contributed by atoms with van der Waals surface area (Å²) in [6.07, 6.45) is 25.6. The molecule has 0 N–H and O–H groups in total. The van der Waals surface area contributed by atoms with Crippen LogP contribution in [0.4, 0.5) is 0 Å². The monoisotopic (exact) mass is 657 g/mol. The fourth-order valence-corrected chi connectivity index (χ4v) is 6.21. The van der Waals surface area contributed by atoms with Crippen LogP contribution in [0.25, 0.3) is 0 Å². The maximum Gasteiger partial charge on any atom is 0.123 e. The topological polar surface area (TPSA) is 31.2 Å². The quantitative estimate of drug-likeness (QED) is 0.173. The highest BCUT2D eigenvalue weighted by atomic mass is 15.5. The first-order valence-electron chi connectivity index (χ1n) is 19.2. The highest BCUT2D eigenvalue weighted by Gasteiger charge is 2.31. The average Bonchev–Trinajstić information content (AvgIpc) is 3.25. The molecule has 0 bridgehead atoms. The van der Waals surface area contributed by atoms with Crippen LogP contribution >= 0.6 is 0 Å². The van der Waals surface area contributed by atoms with Gasteiger partial charge in [-0.25, -0.2) is 5.01 Å². The molecular formula is C44H72N4. The van der Waals surface area contributed by atoms with Gasteiger partial charge in [-0.2, -0.15) is 5.10 Å². The molecule has 0 amide bonds. The Kier molecular flexibility index (Phi) is 22.3. The second kappa shape index (κ2) is 24.9. The first kappa shape index (κ1) is 42.9. The summed E-state index contributed by atoms with van der Waals surface area (Å²) in [4.78, 5) is 6.33. The van der Waals surface area contributed by atoms with Gasteiger partial charge in [0.25, 0.3) is 0 Å². The molecule has 1 heterocycles. The highest BCUT2D eigenvalue weighted by Crippen LogP contribution is 2.35. The van der Waals surface area contributed by atoms with Crippen LogP contribution in [-0.2, 0) is 6.54 Å². The zero-order chi connectivity index (χ0) is 35.9. The van der Waals surface area contributed by atoms with Crippen molar-refractivity contribution in [1.29, 1.82) is 0 Å². The van der Waals surface area contributed by atoms with Crippen LogP contribution in [-0.4, -0.2) is 27.4 Å². The van der Waals surface area contributed by atoms with Crippen LogP contribution in [0.15, 0.2) is 89.5 Å². The van der Waals surface area contributed by atoms with Crippen LogP contribution in [0.3, 0.4) is 0 Å². The Bertz CT molecular complexity index is 1210. The number of allylic oxidation sites excluding steroid dienone is 4. The fourth-order valence-electron chi connectivity index (χ4n) is 6.21. The Labute approximate surface area is 297 Å². The number of fused-ring (bicyclic) bond motifs is 1. The number of aryl methyl sites for hydroxylation is 1. The number of nitrogens with zero attached hydrogens (tertiary/aromatic N) is 4. The smallest absolute Gasteiger partial charge is 0.123 e. The van der Waals surface area contributed by atoms with Crippen LogP contribution in [0.2, 0.25) is 0 Å². The van der Waals surface area contributed by atoms with E-state index in [0.29, 0.717) is 12.0 Å². The van der Waals surface area contributed by atoms with E-state index in [2.05, 4.69) is 86.6 Å². The zero-order valence-electron chi connectivity index (χ0n) is 32.7. The third-order valence-corrected chi connectivity index (χ3v) is 9.43. The van der Waals surface area contributed by atoms with E-state index in [1.807, 2.05) is 53.0 Å². The summed E-state index contributed by atoms with van der Waals surface area (Å²) >= 11 is 0. The van der Waals surface area contributed by atoms with E-state index in [0.717, 1.165) is 24.5 Å². The largest absolute Gasteiger partial charge is 0.323 e. The van der Waals surface area contributed by atoms with Crippen molar-refractivity contribution >= 4 is 11.4 Å². The lowest BCUT2D eigenvalue weighted by Gasteiger charge is -2.41. The Balaban J connectivity index is 0.000000646. The molecule has 48 heavy (non-hydrogen) atoms. The van der Waals surface area contributed by atoms with E-state index < -0.39 is 0 Å². The fraction of sp³-hybridized carbons (Fsp3) is 0.591. The van der Waals surface area contributed by atoms with Gasteiger partial charge in [-0.3, -0.25) is 4.99 Å². The van der Waals surface area contributed by atoms with Crippen LogP contribution < -0.4 is 0 Å². The first-order valence-corrected chi connectivity index (χ1v) is 19.2. The molecule has 2 aliphatic carbocycles. The van der Waals surface area contributed by atoms with Crippen molar-refractivity contribution in [3.63, 3.8) is 0 Å². The number of hydrogen-bond acceptors (Lipinski definition) is 4. The predicted octanol–water partition coefficient (Wildman–Crippen LogP) is 13.5. The van der Waals surface area contributed by atoms with Gasteiger partial charge in [-0.15, -0.1) is 0 Å². The summed E-state index contributed by atoms with van der Waals surface area (Å²) in [5.41, 5.74) is 8.72. The van der Waals surface area contributed by atoms with E-state index in [-0.39, 0.29) is 0 Å². The maximum atomic E-state index is 5.54. The van der Waals surface area contributed by atoms with Gasteiger partial charge in [0.1, 0.15) is 5.82 Å². The molecule has 1 aromatic rings. The molecule has 0 atom stereocenters. The second-order valence-corrected chi connectivity index (χ2v) is 13.4. The van der Waals surface area contributed by atoms with Crippen molar-refractivity contribution in [2.75, 3.05) is 0 Å². The molecular weight excluding hydrogens is 585 g/mol. The van der Waals surface area contributed by atoms with Crippen LogP contribution in [0.5, 0.6) is 0 Å². The van der Waals surface area contributed by atoms with Gasteiger partial charge in [-0.1, -0.05) is 140 Å². The number of hydrogen-bond donors (Lipinski definition) is 0. The number of aliphatic imine (C=N–C) groups is 1. The van der Waals surface area contributed by atoms with Crippen LogP contribution in [0, 0.1) is 12.8 Å². The summed E-state index contributed by atoms with van der Waals surface area (Å²) in [6.45, 7) is 32.2. The lowest BCUT2D eigenvalue weighted by atomic mass is 9.81. The summed E-state index contributed by atoms with van der Waals surface area (Å²) in [6, 6.07) is 7.31. The predicted molar refractivity (Wildman–Crippen MR) is 216 cm³/mol. The van der Waals surface area contributed by atoms with Gasteiger partial charge in [0.05, 0.1) is 18.3 Å². The van der Waals surface area contributed by atoms with Gasteiger partial charge in [0.15, 0.2) is 0 Å². The molecule has 1 aliphatic heterocycles. The van der Waals surface area contributed by atoms with Gasteiger partial charge in [0, 0.05) is 29.1 Å². The van der Waals surface area contributed by atoms with E-state index in [9.17, 15) is 0 Å². The Morgan fingerprint density at radius 3 is 1.98 bits per heavy atom. The molecule has 0 radical (unpaired) electrons. The lowest BCUT2D eigenvalue weighted by molar-refractivity contribution is 0.168. The molecule has 4 heteroatoms. The molecule has 268 valence electrons. The van der Waals surface area contributed by atoms with Gasteiger partial charge >= 0.3 is 0 Å². The normalized spacial score (nSPS) is 19.1. The number of benzene rings is 1. The highest BCUT2D eigenvalue weighted by molar-refractivity contribution is 6.03. The van der Waals surface area contributed by atoms with E-state index in [1.165, 1.54) is 117 Å². The Morgan fingerprint density at radius 1 is 0.917 bits per heavy atom. The molecule has 3 aliphatic rings. The lowest BCUT2D eigenvalue weighted by Crippen LogP contribution is -2.41. The summed E-state index contributed by atoms with van der Waals surface area (Å²) < 4.78 is 0. The number of rotatable bonds is 6. The number of hydrazone groups is 1. The second-order valence-electron chi connectivity index (χ2n) is 13.4. The Hall–Kier alpha value is -3.14. The summed E-state index contributed by atoms with van der Waals surface area (Å²) in [5, 5.41) is 7.85. The van der Waals surface area contributed by atoms with Crippen molar-refractivity contribution in [3.05, 3.63) is 96.1 Å². The summed E-state index contributed by atoms with van der Waals surface area (Å²) in [7, 11) is 0. The third-order valence-electron chi connectivity index (χ3n) is 9.43. The third kappa shape index (κ3) is 15.0. The van der Waals surface area contributed by atoms with Crippen molar-refractivity contribution in [1.82, 2.24) is 9.91 Å². The van der Waals surface area contributed by atoms with Crippen molar-refractivity contribution < 1.29 is 0 Å². The molecule has 2 saturated carbocycles. The minimum Gasteiger partial charge on any atom is -0.323 e. The molecule has 0 unspecified atom stereocenters. The van der Waals surface area contributed by atoms with E-state index >= 15 is 0 Å². The maximum absolute atomic E-state index is 5.54. The minimum atomic E-state index is 0.404. The molecule has 0 aromatic heterocycles. The average molecular weight is 657 g/mol. The Morgan fingerprint density at radius 2 is 1.46 bits per heavy atom. The standard InChI is InChI=1S/C30H43N3.C7H13N.C5H10.C2H6/c1-5-24(3)32-22-27-21-23(2)19-20-29(27)30(26-15-11-10-12-16-26)31-33(25(32)4)28-17-13-8-6-7-9-14-18-28;1-4-6-8-7(3)5-2;1-4-5(2)3;1-2/h5,19-21,26,28H,1,3-4,6-18,22H2,2H3;4,6H,5H2,1-3H3;4H,1-3H3;1-2H3/b31-30-;6-4-,8-7?;;. The minimum absolute atomic E-state index is 0.404. The molecule has 0 saturated heterocycles. The van der Waals surface area contributed by atoms with Gasteiger partial charge in [-0.05, 0) is 85.3 Å². The molecule has 4 rings (SSSR count). The van der Waals surface area contributed by atoms with Crippen LogP contribution in [0.1, 0.15) is 162 Å². The summed E-state index contributed by atoms with van der Waals surface area (Å²) in [5.74, 6) is 1.51. The van der Waals surface area contributed by atoms with E-state index in [1.54, 1.807) is 0 Å². The van der Waals surface area contributed by atoms with Gasteiger partial charge < -0.3 is 4.90 Å². The molecule has 0 spiro atoms.